The monoisotopic (exact) mass is 257 g/mol. The van der Waals surface area contributed by atoms with Crippen LogP contribution in [0.1, 0.15) is 22.3 Å². The first-order valence-corrected chi connectivity index (χ1v) is 5.16. The zero-order valence-electron chi connectivity index (χ0n) is 9.29. The van der Waals surface area contributed by atoms with Gasteiger partial charge in [-0.3, -0.25) is 4.90 Å². The van der Waals surface area contributed by atoms with Crippen LogP contribution in [-0.2, 0) is 19.3 Å². The van der Waals surface area contributed by atoms with Gasteiger partial charge in [-0.2, -0.15) is 13.2 Å². The van der Waals surface area contributed by atoms with E-state index in [4.69, 9.17) is 5.11 Å². The van der Waals surface area contributed by atoms with Crippen LogP contribution in [0, 0.1) is 0 Å². The molecule has 1 aliphatic heterocycles. The van der Waals surface area contributed by atoms with Crippen LogP contribution < -0.4 is 0 Å². The first-order chi connectivity index (χ1) is 8.32. The maximum atomic E-state index is 12.8. The summed E-state index contributed by atoms with van der Waals surface area (Å²) in [4.78, 5) is 11.9. The van der Waals surface area contributed by atoms with Gasteiger partial charge in [0.1, 0.15) is 0 Å². The van der Waals surface area contributed by atoms with Crippen LogP contribution >= 0.6 is 0 Å². The predicted octanol–water partition coefficient (Wildman–Crippen LogP) is 3.34. The number of fused-ring (bicyclic) bond motifs is 1. The summed E-state index contributed by atoms with van der Waals surface area (Å²) in [6, 6.07) is 2.36. The van der Waals surface area contributed by atoms with Crippen LogP contribution in [0.5, 0.6) is 0 Å². The summed E-state index contributed by atoms with van der Waals surface area (Å²) in [5, 5.41) is 8.82. The van der Waals surface area contributed by atoms with E-state index in [2.05, 4.69) is 6.58 Å². The summed E-state index contributed by atoms with van der Waals surface area (Å²) in [5.41, 5.74) is 0.201. The molecule has 0 atom stereocenters. The van der Waals surface area contributed by atoms with Crippen LogP contribution in [-0.4, -0.2) is 16.1 Å². The number of amides is 1. The number of benzene rings is 1. The van der Waals surface area contributed by atoms with Crippen molar-refractivity contribution in [2.24, 2.45) is 0 Å². The van der Waals surface area contributed by atoms with Crippen molar-refractivity contribution >= 4 is 12.2 Å². The maximum absolute atomic E-state index is 12.8. The van der Waals surface area contributed by atoms with E-state index in [0.29, 0.717) is 11.1 Å². The molecule has 0 saturated carbocycles. The standard InChI is InChI=1S/C12H10F3NO2/c1-2-7-3-8-5-16(11(17)18)6-9(8)4-10(7)12(13,14)15/h2-4H,1,5-6H2,(H,17,18). The zero-order chi connectivity index (χ0) is 13.5. The lowest BCUT2D eigenvalue weighted by atomic mass is 9.99. The van der Waals surface area contributed by atoms with Gasteiger partial charge in [-0.05, 0) is 28.8 Å². The van der Waals surface area contributed by atoms with E-state index in [9.17, 15) is 18.0 Å². The van der Waals surface area contributed by atoms with Crippen molar-refractivity contribution in [2.45, 2.75) is 19.3 Å². The Balaban J connectivity index is 2.48. The molecule has 3 nitrogen and oxygen atoms in total. The molecule has 6 heteroatoms. The molecule has 1 aromatic rings. The highest BCUT2D eigenvalue weighted by Gasteiger charge is 2.35. The molecule has 2 rings (SSSR count). The number of alkyl halides is 3. The Morgan fingerprint density at radius 2 is 1.89 bits per heavy atom. The molecule has 0 saturated heterocycles. The van der Waals surface area contributed by atoms with Gasteiger partial charge in [0, 0.05) is 13.1 Å². The fourth-order valence-electron chi connectivity index (χ4n) is 2.02. The quantitative estimate of drug-likeness (QED) is 0.838. The largest absolute Gasteiger partial charge is 0.465 e. The Morgan fingerprint density at radius 1 is 1.33 bits per heavy atom. The van der Waals surface area contributed by atoms with Crippen LogP contribution in [0.4, 0.5) is 18.0 Å². The fraction of sp³-hybridized carbons (Fsp3) is 0.250. The average molecular weight is 257 g/mol. The summed E-state index contributed by atoms with van der Waals surface area (Å²) in [6.45, 7) is 3.46. The van der Waals surface area contributed by atoms with Gasteiger partial charge in [0.2, 0.25) is 0 Å². The van der Waals surface area contributed by atoms with Gasteiger partial charge in [0.25, 0.3) is 0 Å². The number of halogens is 3. The van der Waals surface area contributed by atoms with Gasteiger partial charge >= 0.3 is 12.3 Å². The molecule has 0 unspecified atom stereocenters. The van der Waals surface area contributed by atoms with E-state index < -0.39 is 17.8 Å². The van der Waals surface area contributed by atoms with Crippen LogP contribution in [0.25, 0.3) is 6.08 Å². The van der Waals surface area contributed by atoms with Crippen LogP contribution in [0.15, 0.2) is 18.7 Å². The third-order valence-corrected chi connectivity index (χ3v) is 2.89. The third kappa shape index (κ3) is 2.05. The van der Waals surface area contributed by atoms with E-state index >= 15 is 0 Å². The van der Waals surface area contributed by atoms with Gasteiger partial charge in [-0.15, -0.1) is 0 Å². The van der Waals surface area contributed by atoms with Gasteiger partial charge in [-0.1, -0.05) is 12.7 Å². The molecule has 0 spiro atoms. The van der Waals surface area contributed by atoms with Crippen molar-refractivity contribution in [3.63, 3.8) is 0 Å². The maximum Gasteiger partial charge on any atom is 0.416 e. The molecular weight excluding hydrogens is 247 g/mol. The second-order valence-corrected chi connectivity index (χ2v) is 4.05. The van der Waals surface area contributed by atoms with Crippen molar-refractivity contribution in [3.8, 4) is 0 Å². The summed E-state index contributed by atoms with van der Waals surface area (Å²) in [5.74, 6) is 0. The topological polar surface area (TPSA) is 40.5 Å². The Morgan fingerprint density at radius 3 is 2.33 bits per heavy atom. The molecule has 0 fully saturated rings. The molecule has 1 aliphatic rings. The summed E-state index contributed by atoms with van der Waals surface area (Å²) >= 11 is 0. The van der Waals surface area contributed by atoms with Crippen molar-refractivity contribution in [1.82, 2.24) is 4.90 Å². The first kappa shape index (κ1) is 12.5. The normalized spacial score (nSPS) is 14.5. The van der Waals surface area contributed by atoms with Crippen molar-refractivity contribution in [2.75, 3.05) is 0 Å². The minimum Gasteiger partial charge on any atom is -0.465 e. The van der Waals surface area contributed by atoms with E-state index in [1.807, 2.05) is 0 Å². The highest BCUT2D eigenvalue weighted by Crippen LogP contribution is 2.36. The predicted molar refractivity (Wildman–Crippen MR) is 58.8 cm³/mol. The molecule has 18 heavy (non-hydrogen) atoms. The van der Waals surface area contributed by atoms with E-state index in [0.717, 1.165) is 17.0 Å². The molecule has 96 valence electrons. The summed E-state index contributed by atoms with van der Waals surface area (Å²) < 4.78 is 38.3. The number of rotatable bonds is 1. The Hall–Kier alpha value is -1.98. The smallest absolute Gasteiger partial charge is 0.416 e. The molecule has 0 radical (unpaired) electrons. The minimum absolute atomic E-state index is 0.00876. The van der Waals surface area contributed by atoms with E-state index in [1.165, 1.54) is 6.07 Å². The molecule has 0 aliphatic carbocycles. The number of carboxylic acid groups (broad SMARTS) is 1. The van der Waals surface area contributed by atoms with E-state index in [1.54, 1.807) is 0 Å². The highest BCUT2D eigenvalue weighted by atomic mass is 19.4. The molecule has 0 aromatic heterocycles. The summed E-state index contributed by atoms with van der Waals surface area (Å²) in [6.07, 6.45) is -4.47. The fourth-order valence-corrected chi connectivity index (χ4v) is 2.02. The lowest BCUT2D eigenvalue weighted by molar-refractivity contribution is -0.137. The molecule has 0 bridgehead atoms. The number of hydrogen-bond acceptors (Lipinski definition) is 1. The van der Waals surface area contributed by atoms with Gasteiger partial charge in [0.15, 0.2) is 0 Å². The Bertz CT molecular complexity index is 523. The van der Waals surface area contributed by atoms with Crippen LogP contribution in [0.3, 0.4) is 0 Å². The number of hydrogen-bond donors (Lipinski definition) is 1. The summed E-state index contributed by atoms with van der Waals surface area (Å²) in [7, 11) is 0. The average Bonchev–Trinajstić information content (AvgIpc) is 2.68. The van der Waals surface area contributed by atoms with Crippen molar-refractivity contribution < 1.29 is 23.1 Å². The molecule has 1 aromatic carbocycles. The molecular formula is C12H10F3NO2. The van der Waals surface area contributed by atoms with Crippen molar-refractivity contribution in [1.29, 1.82) is 0 Å². The van der Waals surface area contributed by atoms with E-state index in [-0.39, 0.29) is 18.7 Å². The second-order valence-electron chi connectivity index (χ2n) is 4.05. The molecule has 1 amide bonds. The Labute approximate surface area is 101 Å². The number of nitrogens with zero attached hydrogens (tertiary/aromatic N) is 1. The molecule has 1 N–H and O–H groups in total. The third-order valence-electron chi connectivity index (χ3n) is 2.89. The second kappa shape index (κ2) is 4.04. The minimum atomic E-state index is -4.46. The first-order valence-electron chi connectivity index (χ1n) is 5.16. The SMILES string of the molecule is C=Cc1cc2c(cc1C(F)(F)F)CN(C(=O)O)C2. The van der Waals surface area contributed by atoms with Crippen LogP contribution in [0.2, 0.25) is 0 Å². The lowest BCUT2D eigenvalue weighted by Gasteiger charge is -2.12. The Kier molecular flexibility index (Phi) is 2.80. The number of carbonyl (C=O) groups is 1. The van der Waals surface area contributed by atoms with Gasteiger partial charge in [-0.25, -0.2) is 4.79 Å². The van der Waals surface area contributed by atoms with Crippen molar-refractivity contribution in [3.05, 3.63) is 41.0 Å². The zero-order valence-corrected chi connectivity index (χ0v) is 9.29. The highest BCUT2D eigenvalue weighted by molar-refractivity contribution is 5.67. The lowest BCUT2D eigenvalue weighted by Crippen LogP contribution is -2.22. The van der Waals surface area contributed by atoms with Gasteiger partial charge < -0.3 is 5.11 Å². The molecule has 1 heterocycles. The van der Waals surface area contributed by atoms with Gasteiger partial charge in [0.05, 0.1) is 5.56 Å².